The zero-order valence-corrected chi connectivity index (χ0v) is 11.8. The van der Waals surface area contributed by atoms with E-state index in [4.69, 9.17) is 12.2 Å². The van der Waals surface area contributed by atoms with Crippen LogP contribution in [-0.4, -0.2) is 9.97 Å². The van der Waals surface area contributed by atoms with Gasteiger partial charge in [-0.05, 0) is 12.5 Å². The summed E-state index contributed by atoms with van der Waals surface area (Å²) in [6.07, 6.45) is 0.823. The van der Waals surface area contributed by atoms with Crippen molar-refractivity contribution in [3.8, 4) is 0 Å². The Morgan fingerprint density at radius 2 is 2.28 bits per heavy atom. The third-order valence-electron chi connectivity index (χ3n) is 3.10. The molecular weight excluding hydrogens is 260 g/mol. The number of hydrogen-bond donors (Lipinski definition) is 1. The molecule has 0 bridgehead atoms. The molecule has 1 aliphatic heterocycles. The Balaban J connectivity index is 1.94. The van der Waals surface area contributed by atoms with Crippen LogP contribution in [0.15, 0.2) is 24.3 Å². The van der Waals surface area contributed by atoms with Crippen molar-refractivity contribution >= 4 is 24.0 Å². The van der Waals surface area contributed by atoms with E-state index in [2.05, 4.69) is 41.2 Å². The van der Waals surface area contributed by atoms with Crippen molar-refractivity contribution in [1.82, 2.24) is 9.97 Å². The van der Waals surface area contributed by atoms with Crippen LogP contribution in [0.5, 0.6) is 0 Å². The monoisotopic (exact) mass is 274 g/mol. The van der Waals surface area contributed by atoms with Gasteiger partial charge in [0.1, 0.15) is 10.5 Å². The van der Waals surface area contributed by atoms with Crippen LogP contribution in [0.2, 0.25) is 0 Å². The van der Waals surface area contributed by atoms with Crippen LogP contribution in [0.3, 0.4) is 0 Å². The molecular formula is C14H14N2S2. The van der Waals surface area contributed by atoms with Gasteiger partial charge >= 0.3 is 0 Å². The van der Waals surface area contributed by atoms with Crippen LogP contribution in [0.25, 0.3) is 0 Å². The SMILES string of the molecule is Cc1cccc(Cc2nc(=S)c3c([nH]2)CSC3)c1. The van der Waals surface area contributed by atoms with Gasteiger partial charge in [0, 0.05) is 29.2 Å². The lowest BCUT2D eigenvalue weighted by atomic mass is 10.1. The Morgan fingerprint density at radius 3 is 3.11 bits per heavy atom. The van der Waals surface area contributed by atoms with E-state index < -0.39 is 0 Å². The van der Waals surface area contributed by atoms with Gasteiger partial charge in [-0.15, -0.1) is 0 Å². The molecule has 0 spiro atoms. The number of fused-ring (bicyclic) bond motifs is 1. The molecule has 1 aromatic carbocycles. The first kappa shape index (κ1) is 11.9. The number of nitrogens with zero attached hydrogens (tertiary/aromatic N) is 1. The highest BCUT2D eigenvalue weighted by atomic mass is 32.2. The second-order valence-electron chi connectivity index (χ2n) is 4.60. The van der Waals surface area contributed by atoms with E-state index >= 15 is 0 Å². The lowest BCUT2D eigenvalue weighted by Crippen LogP contribution is -2.02. The Hall–Kier alpha value is -1.13. The van der Waals surface area contributed by atoms with Crippen molar-refractivity contribution in [2.24, 2.45) is 0 Å². The minimum atomic E-state index is 0.774. The number of benzene rings is 1. The first-order valence-electron chi connectivity index (χ1n) is 5.96. The van der Waals surface area contributed by atoms with Crippen molar-refractivity contribution in [3.63, 3.8) is 0 Å². The van der Waals surface area contributed by atoms with Crippen molar-refractivity contribution in [3.05, 3.63) is 57.1 Å². The van der Waals surface area contributed by atoms with Crippen molar-refractivity contribution in [1.29, 1.82) is 0 Å². The highest BCUT2D eigenvalue weighted by molar-refractivity contribution is 7.98. The van der Waals surface area contributed by atoms with E-state index in [9.17, 15) is 0 Å². The van der Waals surface area contributed by atoms with Gasteiger partial charge in [0.2, 0.25) is 0 Å². The zero-order valence-electron chi connectivity index (χ0n) is 10.2. The molecule has 18 heavy (non-hydrogen) atoms. The summed E-state index contributed by atoms with van der Waals surface area (Å²) in [6, 6.07) is 8.52. The summed E-state index contributed by atoms with van der Waals surface area (Å²) in [5.41, 5.74) is 5.05. The molecule has 0 unspecified atom stereocenters. The lowest BCUT2D eigenvalue weighted by molar-refractivity contribution is 0.918. The number of rotatable bonds is 2. The van der Waals surface area contributed by atoms with Crippen LogP contribution >= 0.6 is 24.0 Å². The highest BCUT2D eigenvalue weighted by Gasteiger charge is 2.15. The molecule has 2 aromatic rings. The predicted octanol–water partition coefficient (Wildman–Crippen LogP) is 3.79. The molecule has 2 heterocycles. The Bertz CT molecular complexity index is 646. The molecule has 0 saturated heterocycles. The number of aromatic nitrogens is 2. The van der Waals surface area contributed by atoms with Gasteiger partial charge < -0.3 is 4.98 Å². The maximum absolute atomic E-state index is 5.36. The number of H-pyrrole nitrogens is 1. The molecule has 1 aliphatic rings. The van der Waals surface area contributed by atoms with Crippen molar-refractivity contribution < 1.29 is 0 Å². The van der Waals surface area contributed by atoms with E-state index in [0.717, 1.165) is 28.4 Å². The second kappa shape index (κ2) is 4.86. The predicted molar refractivity (Wildman–Crippen MR) is 78.4 cm³/mol. The fraction of sp³-hybridized carbons (Fsp3) is 0.286. The summed E-state index contributed by atoms with van der Waals surface area (Å²) in [6.45, 7) is 2.11. The number of hydrogen-bond acceptors (Lipinski definition) is 3. The van der Waals surface area contributed by atoms with Crippen molar-refractivity contribution in [2.75, 3.05) is 0 Å². The van der Waals surface area contributed by atoms with Gasteiger partial charge in [-0.2, -0.15) is 11.8 Å². The maximum Gasteiger partial charge on any atom is 0.134 e. The first-order valence-corrected chi connectivity index (χ1v) is 7.53. The van der Waals surface area contributed by atoms with Gasteiger partial charge in [-0.25, -0.2) is 4.98 Å². The van der Waals surface area contributed by atoms with Crippen LogP contribution in [-0.2, 0) is 17.9 Å². The maximum atomic E-state index is 5.36. The average Bonchev–Trinajstić information content (AvgIpc) is 2.77. The molecule has 0 amide bonds. The molecule has 0 saturated carbocycles. The van der Waals surface area contributed by atoms with E-state index in [1.807, 2.05) is 11.8 Å². The average molecular weight is 274 g/mol. The Labute approximate surface area is 116 Å². The summed E-state index contributed by atoms with van der Waals surface area (Å²) >= 11 is 7.26. The van der Waals surface area contributed by atoms with E-state index in [1.54, 1.807) is 0 Å². The van der Waals surface area contributed by atoms with Crippen LogP contribution in [0.1, 0.15) is 28.2 Å². The van der Waals surface area contributed by atoms with Gasteiger partial charge in [0.25, 0.3) is 0 Å². The molecule has 1 N–H and O–H groups in total. The highest BCUT2D eigenvalue weighted by Crippen LogP contribution is 2.28. The number of aromatic amines is 1. The molecule has 0 aliphatic carbocycles. The summed E-state index contributed by atoms with van der Waals surface area (Å²) in [4.78, 5) is 7.95. The third-order valence-corrected chi connectivity index (χ3v) is 4.42. The number of thioether (sulfide) groups is 1. The molecule has 0 radical (unpaired) electrons. The molecule has 4 heteroatoms. The van der Waals surface area contributed by atoms with Crippen LogP contribution in [0.4, 0.5) is 0 Å². The fourth-order valence-electron chi connectivity index (χ4n) is 2.22. The van der Waals surface area contributed by atoms with Crippen LogP contribution in [0, 0.1) is 11.6 Å². The van der Waals surface area contributed by atoms with E-state index in [1.165, 1.54) is 22.4 Å². The minimum Gasteiger partial charge on any atom is -0.346 e. The Kier molecular flexibility index (Phi) is 3.22. The second-order valence-corrected chi connectivity index (χ2v) is 5.98. The quantitative estimate of drug-likeness (QED) is 0.845. The van der Waals surface area contributed by atoms with E-state index in [0.29, 0.717) is 0 Å². The minimum absolute atomic E-state index is 0.774. The van der Waals surface area contributed by atoms with Crippen molar-refractivity contribution in [2.45, 2.75) is 24.9 Å². The molecule has 0 atom stereocenters. The third kappa shape index (κ3) is 2.35. The van der Waals surface area contributed by atoms with Gasteiger partial charge in [-0.3, -0.25) is 0 Å². The number of nitrogens with one attached hydrogen (secondary N) is 1. The molecule has 3 rings (SSSR count). The summed E-state index contributed by atoms with van der Waals surface area (Å²) in [5.74, 6) is 3.01. The van der Waals surface area contributed by atoms with Crippen LogP contribution < -0.4 is 0 Å². The number of aryl methyl sites for hydroxylation is 1. The standard InChI is InChI=1S/C14H14N2S2/c1-9-3-2-4-10(5-9)6-13-15-12-8-18-7-11(12)14(17)16-13/h2-5H,6-8H2,1H3,(H,15,16,17). The molecule has 1 aromatic heterocycles. The van der Waals surface area contributed by atoms with Gasteiger partial charge in [0.05, 0.1) is 0 Å². The molecule has 92 valence electrons. The largest absolute Gasteiger partial charge is 0.346 e. The topological polar surface area (TPSA) is 28.7 Å². The zero-order chi connectivity index (χ0) is 12.5. The van der Waals surface area contributed by atoms with E-state index in [-0.39, 0.29) is 0 Å². The van der Waals surface area contributed by atoms with Gasteiger partial charge in [-0.1, -0.05) is 42.0 Å². The smallest absolute Gasteiger partial charge is 0.134 e. The molecule has 0 fully saturated rings. The summed E-state index contributed by atoms with van der Waals surface area (Å²) in [7, 11) is 0. The Morgan fingerprint density at radius 1 is 1.39 bits per heavy atom. The fourth-order valence-corrected chi connectivity index (χ4v) is 3.69. The lowest BCUT2D eigenvalue weighted by Gasteiger charge is -2.06. The normalized spacial score (nSPS) is 13.6. The summed E-state index contributed by atoms with van der Waals surface area (Å²) < 4.78 is 0.774. The molecule has 2 nitrogen and oxygen atoms in total. The summed E-state index contributed by atoms with van der Waals surface area (Å²) in [5, 5.41) is 0. The first-order chi connectivity index (χ1) is 8.72. The van der Waals surface area contributed by atoms with Gasteiger partial charge in [0.15, 0.2) is 0 Å².